The van der Waals surface area contributed by atoms with Gasteiger partial charge in [-0.25, -0.2) is 0 Å². The number of nitrogens with one attached hydrogen (secondary N) is 1. The van der Waals surface area contributed by atoms with E-state index in [0.717, 1.165) is 30.4 Å². The summed E-state index contributed by atoms with van der Waals surface area (Å²) < 4.78 is 5.26. The average molecular weight is 241 g/mol. The van der Waals surface area contributed by atoms with Crippen LogP contribution in [-0.2, 0) is 5.75 Å². The Morgan fingerprint density at radius 2 is 2.12 bits per heavy atom. The maximum absolute atomic E-state index is 5.26. The van der Waals surface area contributed by atoms with Crippen LogP contribution < -0.4 is 5.32 Å². The topological polar surface area (TPSA) is 25.2 Å². The molecule has 0 bridgehead atoms. The first-order valence-corrected chi connectivity index (χ1v) is 7.04. The van der Waals surface area contributed by atoms with Gasteiger partial charge in [-0.1, -0.05) is 20.8 Å². The summed E-state index contributed by atoms with van der Waals surface area (Å²) in [4.78, 5) is 0. The first-order chi connectivity index (χ1) is 7.58. The van der Waals surface area contributed by atoms with Crippen molar-refractivity contribution in [1.82, 2.24) is 5.32 Å². The lowest BCUT2D eigenvalue weighted by Gasteiger charge is -2.17. The van der Waals surface area contributed by atoms with Crippen LogP contribution in [0.1, 0.15) is 33.0 Å². The Balaban J connectivity index is 1.89. The van der Waals surface area contributed by atoms with E-state index in [4.69, 9.17) is 4.42 Å². The fraction of sp³-hybridized carbons (Fsp3) is 0.692. The van der Waals surface area contributed by atoms with E-state index >= 15 is 0 Å². The largest absolute Gasteiger partial charge is 0.468 e. The second kappa shape index (κ2) is 7.02. The van der Waals surface area contributed by atoms with Crippen LogP contribution in [0.15, 0.2) is 22.8 Å². The Hall–Kier alpha value is -0.410. The highest BCUT2D eigenvalue weighted by molar-refractivity contribution is 7.98. The average Bonchev–Trinajstić information content (AvgIpc) is 2.67. The molecule has 3 heteroatoms. The molecule has 0 amide bonds. The highest BCUT2D eigenvalue weighted by Crippen LogP contribution is 2.17. The number of thioether (sulfide) groups is 1. The lowest BCUT2D eigenvalue weighted by atomic mass is 9.92. The van der Waals surface area contributed by atoms with Crippen molar-refractivity contribution in [3.63, 3.8) is 0 Å². The maximum Gasteiger partial charge on any atom is 0.113 e. The van der Waals surface area contributed by atoms with E-state index in [-0.39, 0.29) is 0 Å². The maximum atomic E-state index is 5.26. The predicted molar refractivity (Wildman–Crippen MR) is 71.8 cm³/mol. The molecule has 16 heavy (non-hydrogen) atoms. The number of rotatable bonds is 7. The molecule has 0 atom stereocenters. The molecular formula is C13H23NOS. The molecule has 0 fully saturated rings. The summed E-state index contributed by atoms with van der Waals surface area (Å²) in [5, 5.41) is 3.47. The van der Waals surface area contributed by atoms with E-state index in [2.05, 4.69) is 26.1 Å². The summed E-state index contributed by atoms with van der Waals surface area (Å²) in [6.45, 7) is 9.03. The van der Waals surface area contributed by atoms with E-state index < -0.39 is 0 Å². The van der Waals surface area contributed by atoms with E-state index in [9.17, 15) is 0 Å². The fourth-order valence-electron chi connectivity index (χ4n) is 1.30. The summed E-state index contributed by atoms with van der Waals surface area (Å²) in [6.07, 6.45) is 2.97. The van der Waals surface area contributed by atoms with Crippen molar-refractivity contribution >= 4 is 11.8 Å². The lowest BCUT2D eigenvalue weighted by molar-refractivity contribution is 0.369. The fourth-order valence-corrected chi connectivity index (χ4v) is 2.10. The van der Waals surface area contributed by atoms with Crippen LogP contribution in [0.3, 0.4) is 0 Å². The standard InChI is InChI=1S/C13H23NOS/c1-13(2,3)6-7-14-8-10-16-11-12-5-4-9-15-12/h4-5,9,14H,6-8,10-11H2,1-3H3. The minimum Gasteiger partial charge on any atom is -0.468 e. The van der Waals surface area contributed by atoms with Crippen LogP contribution in [0, 0.1) is 5.41 Å². The normalized spacial score (nSPS) is 11.9. The summed E-state index contributed by atoms with van der Waals surface area (Å²) in [5.74, 6) is 3.19. The van der Waals surface area contributed by atoms with Gasteiger partial charge in [-0.15, -0.1) is 0 Å². The third-order valence-corrected chi connectivity index (χ3v) is 3.28. The van der Waals surface area contributed by atoms with Gasteiger partial charge < -0.3 is 9.73 Å². The Labute approximate surface area is 103 Å². The molecular weight excluding hydrogens is 218 g/mol. The van der Waals surface area contributed by atoms with Gasteiger partial charge >= 0.3 is 0 Å². The van der Waals surface area contributed by atoms with Crippen molar-refractivity contribution < 1.29 is 4.42 Å². The van der Waals surface area contributed by atoms with Gasteiger partial charge in [0.2, 0.25) is 0 Å². The van der Waals surface area contributed by atoms with Crippen LogP contribution in [0.5, 0.6) is 0 Å². The lowest BCUT2D eigenvalue weighted by Crippen LogP contribution is -2.22. The molecule has 1 aromatic rings. The summed E-state index contributed by atoms with van der Waals surface area (Å²) >= 11 is 1.91. The van der Waals surface area contributed by atoms with Crippen LogP contribution in [0.2, 0.25) is 0 Å². The molecule has 0 saturated heterocycles. The van der Waals surface area contributed by atoms with Crippen molar-refractivity contribution in [2.24, 2.45) is 5.41 Å². The molecule has 0 aromatic carbocycles. The van der Waals surface area contributed by atoms with Crippen LogP contribution in [-0.4, -0.2) is 18.8 Å². The summed E-state index contributed by atoms with van der Waals surface area (Å²) in [5.41, 5.74) is 0.439. The van der Waals surface area contributed by atoms with Crippen molar-refractivity contribution in [2.45, 2.75) is 32.9 Å². The summed E-state index contributed by atoms with van der Waals surface area (Å²) in [6, 6.07) is 3.97. The number of hydrogen-bond donors (Lipinski definition) is 1. The molecule has 0 unspecified atom stereocenters. The minimum absolute atomic E-state index is 0.439. The van der Waals surface area contributed by atoms with E-state index in [1.807, 2.05) is 23.9 Å². The van der Waals surface area contributed by atoms with Gasteiger partial charge in [-0.3, -0.25) is 0 Å². The smallest absolute Gasteiger partial charge is 0.113 e. The van der Waals surface area contributed by atoms with E-state index in [1.54, 1.807) is 6.26 Å². The zero-order valence-corrected chi connectivity index (χ0v) is 11.4. The Kier molecular flexibility index (Phi) is 5.99. The van der Waals surface area contributed by atoms with Gasteiger partial charge in [0.1, 0.15) is 5.76 Å². The Morgan fingerprint density at radius 3 is 2.75 bits per heavy atom. The molecule has 0 aliphatic carbocycles. The van der Waals surface area contributed by atoms with E-state index in [0.29, 0.717) is 5.41 Å². The molecule has 0 radical (unpaired) electrons. The Bertz CT molecular complexity index is 264. The van der Waals surface area contributed by atoms with E-state index in [1.165, 1.54) is 6.42 Å². The first kappa shape index (κ1) is 13.7. The second-order valence-electron chi connectivity index (χ2n) is 5.19. The third-order valence-electron chi connectivity index (χ3n) is 2.30. The third kappa shape index (κ3) is 6.96. The van der Waals surface area contributed by atoms with Gasteiger partial charge in [0.15, 0.2) is 0 Å². The van der Waals surface area contributed by atoms with Crippen molar-refractivity contribution in [3.05, 3.63) is 24.2 Å². The second-order valence-corrected chi connectivity index (χ2v) is 6.30. The quantitative estimate of drug-likeness (QED) is 0.739. The molecule has 1 N–H and O–H groups in total. The molecule has 0 saturated carbocycles. The first-order valence-electron chi connectivity index (χ1n) is 5.89. The van der Waals surface area contributed by atoms with Crippen molar-refractivity contribution in [3.8, 4) is 0 Å². The molecule has 1 rings (SSSR count). The predicted octanol–water partition coefficient (Wildman–Crippen LogP) is 3.54. The number of hydrogen-bond acceptors (Lipinski definition) is 3. The minimum atomic E-state index is 0.439. The highest BCUT2D eigenvalue weighted by Gasteiger charge is 2.08. The van der Waals surface area contributed by atoms with Crippen LogP contribution in [0.4, 0.5) is 0 Å². The van der Waals surface area contributed by atoms with Crippen LogP contribution in [0.25, 0.3) is 0 Å². The monoisotopic (exact) mass is 241 g/mol. The van der Waals surface area contributed by atoms with Crippen molar-refractivity contribution in [1.29, 1.82) is 0 Å². The van der Waals surface area contributed by atoms with Gasteiger partial charge in [0.25, 0.3) is 0 Å². The molecule has 2 nitrogen and oxygen atoms in total. The zero-order valence-electron chi connectivity index (χ0n) is 10.6. The Morgan fingerprint density at radius 1 is 1.31 bits per heavy atom. The zero-order chi connectivity index (χ0) is 11.9. The SMILES string of the molecule is CC(C)(C)CCNCCSCc1ccco1. The molecule has 1 heterocycles. The van der Waals surface area contributed by atoms with Gasteiger partial charge in [-0.05, 0) is 30.5 Å². The molecule has 0 aliphatic heterocycles. The number of furan rings is 1. The van der Waals surface area contributed by atoms with Gasteiger partial charge in [0, 0.05) is 12.3 Å². The van der Waals surface area contributed by atoms with Gasteiger partial charge in [-0.2, -0.15) is 11.8 Å². The van der Waals surface area contributed by atoms with Crippen molar-refractivity contribution in [2.75, 3.05) is 18.8 Å². The highest BCUT2D eigenvalue weighted by atomic mass is 32.2. The molecule has 0 spiro atoms. The molecule has 92 valence electrons. The van der Waals surface area contributed by atoms with Crippen LogP contribution >= 0.6 is 11.8 Å². The molecule has 1 aromatic heterocycles. The van der Waals surface area contributed by atoms with Gasteiger partial charge in [0.05, 0.1) is 12.0 Å². The molecule has 0 aliphatic rings. The summed E-state index contributed by atoms with van der Waals surface area (Å²) in [7, 11) is 0.